The van der Waals surface area contributed by atoms with Crippen LogP contribution in [0.4, 0.5) is 0 Å². The Morgan fingerprint density at radius 3 is 1.53 bits per heavy atom. The molecule has 0 aliphatic rings. The Morgan fingerprint density at radius 1 is 0.706 bits per heavy atom. The molecular formula is C26H46O8. The van der Waals surface area contributed by atoms with Crippen LogP contribution in [0.25, 0.3) is 0 Å². The van der Waals surface area contributed by atoms with Gasteiger partial charge in [0.2, 0.25) is 0 Å². The highest BCUT2D eigenvalue weighted by Crippen LogP contribution is 2.22. The molecule has 0 saturated carbocycles. The smallest absolute Gasteiger partial charge is 0.336 e. The lowest BCUT2D eigenvalue weighted by atomic mass is 9.95. The number of carboxylic acids is 1. The topological polar surface area (TPSA) is 127 Å². The number of esters is 3. The molecule has 8 heteroatoms. The van der Waals surface area contributed by atoms with E-state index in [0.29, 0.717) is 12.8 Å². The van der Waals surface area contributed by atoms with E-state index < -0.39 is 42.3 Å². The number of carboxylic acid groups (broad SMARTS) is 1. The van der Waals surface area contributed by atoms with E-state index in [-0.39, 0.29) is 6.10 Å². The van der Waals surface area contributed by atoms with Crippen LogP contribution in [0.1, 0.15) is 130 Å². The number of ether oxygens (including phenoxy) is 2. The van der Waals surface area contributed by atoms with Gasteiger partial charge in [-0.05, 0) is 25.7 Å². The quantitative estimate of drug-likeness (QED) is 0.124. The van der Waals surface area contributed by atoms with Crippen LogP contribution in [0, 0.1) is 0 Å². The van der Waals surface area contributed by atoms with Crippen LogP contribution >= 0.6 is 0 Å². The molecule has 0 aliphatic carbocycles. The van der Waals surface area contributed by atoms with Crippen molar-refractivity contribution in [3.63, 3.8) is 0 Å². The maximum absolute atomic E-state index is 12.5. The second-order valence-corrected chi connectivity index (χ2v) is 9.23. The van der Waals surface area contributed by atoms with Gasteiger partial charge in [-0.15, -0.1) is 0 Å². The van der Waals surface area contributed by atoms with Crippen LogP contribution in [0.15, 0.2) is 0 Å². The fourth-order valence-corrected chi connectivity index (χ4v) is 3.86. The van der Waals surface area contributed by atoms with Crippen LogP contribution in [0.5, 0.6) is 0 Å². The lowest BCUT2D eigenvalue weighted by molar-refractivity contribution is -0.176. The normalized spacial score (nSPS) is 13.6. The van der Waals surface area contributed by atoms with Crippen molar-refractivity contribution in [3.05, 3.63) is 0 Å². The van der Waals surface area contributed by atoms with Gasteiger partial charge >= 0.3 is 23.9 Å². The number of hydrogen-bond acceptors (Lipinski definition) is 7. The summed E-state index contributed by atoms with van der Waals surface area (Å²) in [5.74, 6) is -4.75. The van der Waals surface area contributed by atoms with Crippen molar-refractivity contribution >= 4 is 23.9 Å². The third-order valence-corrected chi connectivity index (χ3v) is 5.84. The molecule has 2 N–H and O–H groups in total. The Bertz CT molecular complexity index is 604. The SMILES string of the molecule is CCCCCCCCCC(CCCCCCCC)OC(=O)CC(O)(CC(=O)OC(C)=O)C(=O)O. The maximum atomic E-state index is 12.5. The molecule has 0 saturated heterocycles. The fourth-order valence-electron chi connectivity index (χ4n) is 3.86. The number of aliphatic hydroxyl groups is 1. The molecule has 34 heavy (non-hydrogen) atoms. The molecule has 8 nitrogen and oxygen atoms in total. The standard InChI is InChI=1S/C26H46O8/c1-4-6-8-10-12-14-16-18-22(17-15-13-11-9-7-5-2)34-24(29)20-26(32,25(30)31)19-23(28)33-21(3)27/h22,32H,4-20H2,1-3H3,(H,30,31). The Morgan fingerprint density at radius 2 is 1.12 bits per heavy atom. The van der Waals surface area contributed by atoms with Crippen LogP contribution in [-0.4, -0.2) is 45.8 Å². The average molecular weight is 487 g/mol. The summed E-state index contributed by atoms with van der Waals surface area (Å²) >= 11 is 0. The van der Waals surface area contributed by atoms with Gasteiger partial charge in [0.05, 0.1) is 12.8 Å². The predicted octanol–water partition coefficient (Wildman–Crippen LogP) is 5.48. The number of carbonyl (C=O) groups excluding carboxylic acids is 3. The van der Waals surface area contributed by atoms with E-state index in [0.717, 1.165) is 45.4 Å². The largest absolute Gasteiger partial charge is 0.479 e. The summed E-state index contributed by atoms with van der Waals surface area (Å²) < 4.78 is 9.85. The summed E-state index contributed by atoms with van der Waals surface area (Å²) in [5, 5.41) is 19.7. The van der Waals surface area contributed by atoms with Crippen LogP contribution < -0.4 is 0 Å². The van der Waals surface area contributed by atoms with Gasteiger partial charge in [0.15, 0.2) is 5.60 Å². The monoisotopic (exact) mass is 486 g/mol. The van der Waals surface area contributed by atoms with E-state index >= 15 is 0 Å². The van der Waals surface area contributed by atoms with Gasteiger partial charge in [0.1, 0.15) is 6.10 Å². The van der Waals surface area contributed by atoms with Crippen molar-refractivity contribution in [1.29, 1.82) is 0 Å². The van der Waals surface area contributed by atoms with E-state index in [4.69, 9.17) is 4.74 Å². The maximum Gasteiger partial charge on any atom is 0.336 e. The molecule has 0 rings (SSSR count). The second kappa shape index (κ2) is 19.4. The van der Waals surface area contributed by atoms with E-state index in [9.17, 15) is 29.4 Å². The zero-order valence-electron chi connectivity index (χ0n) is 21.4. The molecule has 0 bridgehead atoms. The number of unbranched alkanes of at least 4 members (excludes halogenated alkanes) is 11. The lowest BCUT2D eigenvalue weighted by Gasteiger charge is -2.23. The number of aliphatic carboxylic acids is 1. The number of hydrogen-bond donors (Lipinski definition) is 2. The molecule has 0 aromatic heterocycles. The van der Waals surface area contributed by atoms with Crippen molar-refractivity contribution in [2.75, 3.05) is 0 Å². The molecule has 0 fully saturated rings. The fraction of sp³-hybridized carbons (Fsp3) is 0.846. The minimum atomic E-state index is -2.69. The Balaban J connectivity index is 4.80. The molecular weight excluding hydrogens is 440 g/mol. The summed E-state index contributed by atoms with van der Waals surface area (Å²) in [6, 6.07) is 0. The van der Waals surface area contributed by atoms with E-state index in [1.165, 1.54) is 44.9 Å². The zero-order chi connectivity index (χ0) is 25.8. The molecule has 198 valence electrons. The van der Waals surface area contributed by atoms with E-state index in [2.05, 4.69) is 18.6 Å². The van der Waals surface area contributed by atoms with Gasteiger partial charge in [-0.1, -0.05) is 84.5 Å². The first kappa shape index (κ1) is 32.0. The first-order valence-electron chi connectivity index (χ1n) is 13.0. The van der Waals surface area contributed by atoms with Gasteiger partial charge in [-0.25, -0.2) is 4.79 Å². The van der Waals surface area contributed by atoms with E-state index in [1.54, 1.807) is 0 Å². The summed E-state index contributed by atoms with van der Waals surface area (Å²) in [7, 11) is 0. The molecule has 0 aromatic carbocycles. The van der Waals surface area contributed by atoms with E-state index in [1.807, 2.05) is 0 Å². The lowest BCUT2D eigenvalue weighted by Crippen LogP contribution is -2.44. The number of carbonyl (C=O) groups is 4. The average Bonchev–Trinajstić information content (AvgIpc) is 2.74. The van der Waals surface area contributed by atoms with Gasteiger partial charge in [0.25, 0.3) is 0 Å². The summed E-state index contributed by atoms with van der Waals surface area (Å²) in [5.41, 5.74) is -2.69. The molecule has 0 aromatic rings. The van der Waals surface area contributed by atoms with Gasteiger partial charge in [0, 0.05) is 6.92 Å². The summed E-state index contributed by atoms with van der Waals surface area (Å²) in [4.78, 5) is 46.6. The highest BCUT2D eigenvalue weighted by Gasteiger charge is 2.42. The van der Waals surface area contributed by atoms with Gasteiger partial charge in [-0.3, -0.25) is 14.4 Å². The highest BCUT2D eigenvalue weighted by molar-refractivity contribution is 5.91. The van der Waals surface area contributed by atoms with Crippen molar-refractivity contribution in [1.82, 2.24) is 0 Å². The highest BCUT2D eigenvalue weighted by atomic mass is 16.6. The molecule has 2 atom stereocenters. The molecule has 0 aliphatic heterocycles. The first-order valence-corrected chi connectivity index (χ1v) is 13.0. The van der Waals surface area contributed by atoms with Gasteiger partial charge in [-0.2, -0.15) is 0 Å². The Hall–Kier alpha value is -1.96. The third-order valence-electron chi connectivity index (χ3n) is 5.84. The molecule has 0 radical (unpaired) electrons. The van der Waals surface area contributed by atoms with Gasteiger partial charge < -0.3 is 19.7 Å². The van der Waals surface area contributed by atoms with Crippen LogP contribution in [0.3, 0.4) is 0 Å². The first-order chi connectivity index (χ1) is 16.1. The molecule has 0 heterocycles. The Kier molecular flexibility index (Phi) is 18.2. The minimum Gasteiger partial charge on any atom is -0.479 e. The van der Waals surface area contributed by atoms with Crippen molar-refractivity contribution in [2.45, 2.75) is 142 Å². The molecule has 0 spiro atoms. The van der Waals surface area contributed by atoms with Crippen LogP contribution in [-0.2, 0) is 28.7 Å². The second-order valence-electron chi connectivity index (χ2n) is 9.23. The molecule has 2 unspecified atom stereocenters. The van der Waals surface area contributed by atoms with Crippen molar-refractivity contribution in [3.8, 4) is 0 Å². The Labute approximate surface area is 204 Å². The summed E-state index contributed by atoms with van der Waals surface area (Å²) in [6.07, 6.45) is 13.7. The van der Waals surface area contributed by atoms with Crippen molar-refractivity contribution < 1.29 is 38.9 Å². The third kappa shape index (κ3) is 16.6. The van der Waals surface area contributed by atoms with Crippen LogP contribution in [0.2, 0.25) is 0 Å². The predicted molar refractivity (Wildman–Crippen MR) is 129 cm³/mol. The minimum absolute atomic E-state index is 0.350. The van der Waals surface area contributed by atoms with Crippen molar-refractivity contribution in [2.24, 2.45) is 0 Å². The zero-order valence-corrected chi connectivity index (χ0v) is 21.4. The summed E-state index contributed by atoms with van der Waals surface area (Å²) in [6.45, 7) is 5.33. The number of rotatable bonds is 21. The molecule has 0 amide bonds.